The fourth-order valence-corrected chi connectivity index (χ4v) is 6.74. The van der Waals surface area contributed by atoms with E-state index in [-0.39, 0.29) is 34.4 Å². The second-order valence-corrected chi connectivity index (χ2v) is 23.7. The number of ether oxygens (including phenoxy) is 2. The average Bonchev–Trinajstić information content (AvgIpc) is 2.74. The summed E-state index contributed by atoms with van der Waals surface area (Å²) in [5.41, 5.74) is 1.58. The first-order valence-corrected chi connectivity index (χ1v) is 20.1. The smallest absolute Gasteiger partial charge is 0.342 e. The molecular formula is C30H52O5Si2. The van der Waals surface area contributed by atoms with Gasteiger partial charge in [0, 0.05) is 13.0 Å². The maximum Gasteiger partial charge on any atom is 0.342 e. The van der Waals surface area contributed by atoms with Crippen LogP contribution < -0.4 is 4.43 Å². The van der Waals surface area contributed by atoms with Crippen molar-refractivity contribution < 1.29 is 23.1 Å². The minimum absolute atomic E-state index is 0.0298. The lowest BCUT2D eigenvalue weighted by Gasteiger charge is -2.38. The van der Waals surface area contributed by atoms with Crippen LogP contribution in [-0.2, 0) is 20.3 Å². The highest BCUT2D eigenvalue weighted by Gasteiger charge is 2.41. The first kappa shape index (κ1) is 30.4. The molecule has 5 nitrogen and oxygen atoms in total. The Hall–Kier alpha value is -1.16. The molecule has 1 aromatic carbocycles. The number of hydrogen-bond acceptors (Lipinski definition) is 5. The summed E-state index contributed by atoms with van der Waals surface area (Å²) in [6.07, 6.45) is 6.44. The Bertz CT molecular complexity index is 929. The van der Waals surface area contributed by atoms with E-state index < -0.39 is 16.6 Å². The van der Waals surface area contributed by atoms with Gasteiger partial charge in [-0.2, -0.15) is 0 Å². The monoisotopic (exact) mass is 548 g/mol. The molecule has 0 radical (unpaired) electrons. The lowest BCUT2D eigenvalue weighted by Crippen LogP contribution is -2.44. The molecule has 0 unspecified atom stereocenters. The third kappa shape index (κ3) is 7.71. The van der Waals surface area contributed by atoms with Gasteiger partial charge >= 0.3 is 5.97 Å². The normalized spacial score (nSPS) is 23.7. The predicted molar refractivity (Wildman–Crippen MR) is 157 cm³/mol. The minimum Gasteiger partial charge on any atom is -0.543 e. The lowest BCUT2D eigenvalue weighted by atomic mass is 9.92. The molecule has 0 saturated carbocycles. The SMILES string of the molecule is CC(C)(C)[Si](C)(C)OCCC[C@H]1C[C@H]2CCC[C@H](Cc3cccc(O[Si](C)(C)C(C)(C)C)c3C(=O)O1)O2. The number of carbonyl (C=O) groups excluding carboxylic acids is 1. The third-order valence-corrected chi connectivity index (χ3v) is 18.0. The minimum atomic E-state index is -2.14. The Morgan fingerprint density at radius 3 is 2.24 bits per heavy atom. The summed E-state index contributed by atoms with van der Waals surface area (Å²) in [6.45, 7) is 23.2. The van der Waals surface area contributed by atoms with Gasteiger partial charge in [-0.1, -0.05) is 53.7 Å². The highest BCUT2D eigenvalue weighted by molar-refractivity contribution is 6.75. The fraction of sp³-hybridized carbons (Fsp3) is 0.767. The van der Waals surface area contributed by atoms with Gasteiger partial charge in [0.15, 0.2) is 8.32 Å². The maximum absolute atomic E-state index is 13.8. The van der Waals surface area contributed by atoms with E-state index in [0.717, 1.165) is 50.5 Å². The van der Waals surface area contributed by atoms with Crippen molar-refractivity contribution in [3.8, 4) is 5.75 Å². The van der Waals surface area contributed by atoms with Crippen molar-refractivity contribution in [1.29, 1.82) is 0 Å². The fourth-order valence-electron chi connectivity index (χ4n) is 4.62. The number of benzene rings is 1. The van der Waals surface area contributed by atoms with Gasteiger partial charge in [-0.05, 0) is 86.4 Å². The maximum atomic E-state index is 13.8. The summed E-state index contributed by atoms with van der Waals surface area (Å²) in [5.74, 6) is 0.418. The van der Waals surface area contributed by atoms with Gasteiger partial charge in [-0.15, -0.1) is 0 Å². The summed E-state index contributed by atoms with van der Waals surface area (Å²) in [7, 11) is -3.94. The van der Waals surface area contributed by atoms with E-state index in [2.05, 4.69) is 67.7 Å². The molecule has 1 fully saturated rings. The number of fused-ring (bicyclic) bond motifs is 3. The summed E-state index contributed by atoms with van der Waals surface area (Å²) in [5, 5.41) is 0.215. The van der Waals surface area contributed by atoms with Crippen molar-refractivity contribution in [3.05, 3.63) is 29.3 Å². The molecule has 2 aliphatic heterocycles. The van der Waals surface area contributed by atoms with Gasteiger partial charge in [-0.25, -0.2) is 4.79 Å². The molecule has 2 heterocycles. The summed E-state index contributed by atoms with van der Waals surface area (Å²) in [6, 6.07) is 6.00. The largest absolute Gasteiger partial charge is 0.543 e. The number of hydrogen-bond donors (Lipinski definition) is 0. The standard InChI is InChI=1S/C30H52O5Si2/c1-29(2,3)36(7,8)32-19-13-17-25-21-24-16-12-15-23(33-24)20-22-14-11-18-26(27(22)28(31)34-25)35-37(9,10)30(4,5)6/h11,14,18,23-25H,12-13,15-17,19-21H2,1-10H3/t23-,24-,25+/m1/s1. The molecule has 0 aromatic heterocycles. The van der Waals surface area contributed by atoms with Crippen LogP contribution in [0.25, 0.3) is 0 Å². The van der Waals surface area contributed by atoms with E-state index in [4.69, 9.17) is 18.3 Å². The molecule has 0 amide bonds. The van der Waals surface area contributed by atoms with Crippen LogP contribution in [-0.4, -0.2) is 47.5 Å². The van der Waals surface area contributed by atoms with Crippen molar-refractivity contribution in [2.24, 2.45) is 0 Å². The van der Waals surface area contributed by atoms with Gasteiger partial charge in [0.05, 0.1) is 12.2 Å². The molecular weight excluding hydrogens is 496 g/mol. The predicted octanol–water partition coefficient (Wildman–Crippen LogP) is 8.28. The Kier molecular flexibility index (Phi) is 9.47. The molecule has 3 rings (SSSR count). The molecule has 0 N–H and O–H groups in total. The highest BCUT2D eigenvalue weighted by Crippen LogP contribution is 2.40. The van der Waals surface area contributed by atoms with Gasteiger partial charge in [0.25, 0.3) is 8.32 Å². The molecule has 0 aliphatic carbocycles. The summed E-state index contributed by atoms with van der Waals surface area (Å²) >= 11 is 0. The Labute approximate surface area is 228 Å². The van der Waals surface area contributed by atoms with Crippen molar-refractivity contribution >= 4 is 22.6 Å². The van der Waals surface area contributed by atoms with Crippen LogP contribution in [0.4, 0.5) is 0 Å². The van der Waals surface area contributed by atoms with Gasteiger partial charge < -0.3 is 18.3 Å². The second kappa shape index (κ2) is 11.5. The number of rotatable bonds is 7. The zero-order valence-corrected chi connectivity index (χ0v) is 27.2. The van der Waals surface area contributed by atoms with E-state index in [1.807, 2.05) is 18.2 Å². The Balaban J connectivity index is 1.83. The van der Waals surface area contributed by atoms with Gasteiger partial charge in [0.1, 0.15) is 17.4 Å². The first-order valence-electron chi connectivity index (χ1n) is 14.3. The molecule has 2 bridgehead atoms. The lowest BCUT2D eigenvalue weighted by molar-refractivity contribution is -0.0739. The van der Waals surface area contributed by atoms with Crippen LogP contribution in [0.3, 0.4) is 0 Å². The highest BCUT2D eigenvalue weighted by atomic mass is 28.4. The van der Waals surface area contributed by atoms with Crippen molar-refractivity contribution in [3.63, 3.8) is 0 Å². The average molecular weight is 549 g/mol. The molecule has 3 atom stereocenters. The summed E-state index contributed by atoms with van der Waals surface area (Å²) in [4.78, 5) is 13.8. The molecule has 210 valence electrons. The van der Waals surface area contributed by atoms with Crippen LogP contribution in [0, 0.1) is 0 Å². The molecule has 37 heavy (non-hydrogen) atoms. The topological polar surface area (TPSA) is 54.0 Å². The molecule has 1 saturated heterocycles. The number of esters is 1. The second-order valence-electron chi connectivity index (χ2n) is 14.2. The van der Waals surface area contributed by atoms with Crippen LogP contribution in [0.2, 0.25) is 36.3 Å². The first-order chi connectivity index (χ1) is 17.0. The van der Waals surface area contributed by atoms with E-state index in [9.17, 15) is 4.79 Å². The van der Waals surface area contributed by atoms with Crippen LogP contribution in [0.15, 0.2) is 18.2 Å². The van der Waals surface area contributed by atoms with Gasteiger partial charge in [0.2, 0.25) is 0 Å². The van der Waals surface area contributed by atoms with Crippen LogP contribution in [0.5, 0.6) is 5.75 Å². The molecule has 0 spiro atoms. The number of cyclic esters (lactones) is 1. The van der Waals surface area contributed by atoms with Gasteiger partial charge in [-0.3, -0.25) is 0 Å². The molecule has 1 aromatic rings. The van der Waals surface area contributed by atoms with Crippen molar-refractivity contribution in [1.82, 2.24) is 0 Å². The van der Waals surface area contributed by atoms with E-state index in [0.29, 0.717) is 17.9 Å². The van der Waals surface area contributed by atoms with Crippen molar-refractivity contribution in [2.75, 3.05) is 6.61 Å². The number of carbonyl (C=O) groups is 1. The Morgan fingerprint density at radius 1 is 0.946 bits per heavy atom. The zero-order valence-electron chi connectivity index (χ0n) is 25.2. The van der Waals surface area contributed by atoms with Crippen LogP contribution in [0.1, 0.15) is 96.0 Å². The van der Waals surface area contributed by atoms with E-state index in [1.54, 1.807) is 0 Å². The van der Waals surface area contributed by atoms with Crippen LogP contribution >= 0.6 is 0 Å². The van der Waals surface area contributed by atoms with E-state index >= 15 is 0 Å². The molecule has 2 aliphatic rings. The Morgan fingerprint density at radius 2 is 1.59 bits per heavy atom. The quantitative estimate of drug-likeness (QED) is 0.195. The summed E-state index contributed by atoms with van der Waals surface area (Å²) < 4.78 is 25.9. The van der Waals surface area contributed by atoms with Crippen molar-refractivity contribution in [2.45, 2.75) is 141 Å². The van der Waals surface area contributed by atoms with E-state index in [1.165, 1.54) is 0 Å². The molecule has 7 heteroatoms. The third-order valence-electron chi connectivity index (χ3n) is 9.11. The zero-order chi connectivity index (χ0) is 27.6.